The van der Waals surface area contributed by atoms with E-state index in [9.17, 15) is 0 Å². The first kappa shape index (κ1) is 13.8. The molecule has 6 nitrogen and oxygen atoms in total. The molecule has 0 aromatic carbocycles. The molecule has 0 radical (unpaired) electrons. The Bertz CT molecular complexity index is 742. The Morgan fingerprint density at radius 1 is 1.24 bits per heavy atom. The van der Waals surface area contributed by atoms with Crippen LogP contribution in [0, 0.1) is 6.92 Å². The summed E-state index contributed by atoms with van der Waals surface area (Å²) in [5.41, 5.74) is 2.26. The van der Waals surface area contributed by atoms with E-state index in [0.29, 0.717) is 0 Å². The van der Waals surface area contributed by atoms with Gasteiger partial charge in [-0.15, -0.1) is 10.2 Å². The van der Waals surface area contributed by atoms with Crippen LogP contribution in [-0.2, 0) is 19.6 Å². The molecule has 0 spiro atoms. The maximum absolute atomic E-state index is 4.68. The Morgan fingerprint density at radius 2 is 2.10 bits per heavy atom. The summed E-state index contributed by atoms with van der Waals surface area (Å²) in [7, 11) is 2.08. The fourth-order valence-electron chi connectivity index (χ4n) is 2.60. The summed E-state index contributed by atoms with van der Waals surface area (Å²) in [6.07, 6.45) is 3.83. The summed E-state index contributed by atoms with van der Waals surface area (Å²) in [5.74, 6) is 2.01. The van der Waals surface area contributed by atoms with Crippen LogP contribution >= 0.6 is 0 Å². The van der Waals surface area contributed by atoms with Gasteiger partial charge in [-0.3, -0.25) is 4.90 Å². The summed E-state index contributed by atoms with van der Waals surface area (Å²) in [5, 5.41) is 8.16. The third-order valence-electron chi connectivity index (χ3n) is 3.67. The molecule has 110 valence electrons. The largest absolute Gasteiger partial charge is 0.317 e. The van der Waals surface area contributed by atoms with Crippen molar-refractivity contribution in [3.63, 3.8) is 0 Å². The Balaban J connectivity index is 1.79. The summed E-state index contributed by atoms with van der Waals surface area (Å²) < 4.78 is 4.19. The Morgan fingerprint density at radius 3 is 2.90 bits per heavy atom. The van der Waals surface area contributed by atoms with Gasteiger partial charge in [0.25, 0.3) is 0 Å². The quantitative estimate of drug-likeness (QED) is 0.718. The van der Waals surface area contributed by atoms with Crippen molar-refractivity contribution in [1.82, 2.24) is 29.0 Å². The predicted octanol–water partition coefficient (Wildman–Crippen LogP) is 1.89. The first-order chi connectivity index (χ1) is 10.2. The van der Waals surface area contributed by atoms with E-state index in [2.05, 4.69) is 55.3 Å². The predicted molar refractivity (Wildman–Crippen MR) is 80.8 cm³/mol. The molecule has 0 atom stereocenters. The van der Waals surface area contributed by atoms with Gasteiger partial charge in [0.2, 0.25) is 0 Å². The molecule has 3 rings (SSSR count). The van der Waals surface area contributed by atoms with Gasteiger partial charge in [0, 0.05) is 19.3 Å². The van der Waals surface area contributed by atoms with Crippen molar-refractivity contribution in [2.75, 3.05) is 7.05 Å². The monoisotopic (exact) mass is 284 g/mol. The first-order valence-corrected chi connectivity index (χ1v) is 7.17. The molecule has 0 N–H and O–H groups in total. The molecule has 3 aromatic heterocycles. The fourth-order valence-corrected chi connectivity index (χ4v) is 2.60. The van der Waals surface area contributed by atoms with Crippen LogP contribution in [0.2, 0.25) is 0 Å². The van der Waals surface area contributed by atoms with E-state index >= 15 is 0 Å². The lowest BCUT2D eigenvalue weighted by atomic mass is 10.3. The van der Waals surface area contributed by atoms with Crippen molar-refractivity contribution in [2.24, 2.45) is 0 Å². The van der Waals surface area contributed by atoms with Crippen LogP contribution in [0.4, 0.5) is 0 Å². The molecular weight excluding hydrogens is 264 g/mol. The molecule has 0 aliphatic carbocycles. The van der Waals surface area contributed by atoms with Crippen molar-refractivity contribution in [2.45, 2.75) is 33.5 Å². The molecule has 0 aliphatic heterocycles. The fraction of sp³-hybridized carbons (Fsp3) is 0.400. The van der Waals surface area contributed by atoms with Gasteiger partial charge in [-0.2, -0.15) is 0 Å². The first-order valence-electron chi connectivity index (χ1n) is 7.17. The van der Waals surface area contributed by atoms with Crippen molar-refractivity contribution in [3.8, 4) is 0 Å². The molecule has 0 aliphatic rings. The van der Waals surface area contributed by atoms with E-state index in [1.54, 1.807) is 6.33 Å². The lowest BCUT2D eigenvalue weighted by molar-refractivity contribution is 0.303. The number of aryl methyl sites for hydroxylation is 2. The smallest absolute Gasteiger partial charge is 0.146 e. The van der Waals surface area contributed by atoms with Crippen LogP contribution in [0.5, 0.6) is 0 Å². The van der Waals surface area contributed by atoms with Gasteiger partial charge < -0.3 is 8.97 Å². The van der Waals surface area contributed by atoms with E-state index in [1.165, 1.54) is 5.52 Å². The summed E-state index contributed by atoms with van der Waals surface area (Å²) in [6, 6.07) is 6.18. The number of hydrogen-bond acceptors (Lipinski definition) is 4. The van der Waals surface area contributed by atoms with Crippen LogP contribution in [0.1, 0.15) is 24.3 Å². The van der Waals surface area contributed by atoms with E-state index < -0.39 is 0 Å². The highest BCUT2D eigenvalue weighted by Gasteiger charge is 2.12. The van der Waals surface area contributed by atoms with Gasteiger partial charge in [-0.1, -0.05) is 6.07 Å². The van der Waals surface area contributed by atoms with E-state index in [1.807, 2.05) is 19.1 Å². The average Bonchev–Trinajstić information content (AvgIpc) is 3.05. The van der Waals surface area contributed by atoms with Crippen molar-refractivity contribution in [3.05, 3.63) is 48.1 Å². The van der Waals surface area contributed by atoms with Crippen molar-refractivity contribution >= 4 is 5.52 Å². The molecule has 6 heteroatoms. The molecule has 0 bridgehead atoms. The second kappa shape index (κ2) is 5.65. The van der Waals surface area contributed by atoms with Crippen molar-refractivity contribution in [1.29, 1.82) is 0 Å². The highest BCUT2D eigenvalue weighted by atomic mass is 15.3. The third kappa shape index (κ3) is 2.67. The zero-order chi connectivity index (χ0) is 14.8. The van der Waals surface area contributed by atoms with E-state index in [0.717, 1.165) is 37.0 Å². The molecule has 3 heterocycles. The van der Waals surface area contributed by atoms with Gasteiger partial charge in [0.15, 0.2) is 0 Å². The lowest BCUT2D eigenvalue weighted by Gasteiger charge is -2.15. The minimum atomic E-state index is 0.763. The summed E-state index contributed by atoms with van der Waals surface area (Å²) >= 11 is 0. The Labute approximate surface area is 124 Å². The molecule has 0 saturated heterocycles. The van der Waals surface area contributed by atoms with Crippen LogP contribution < -0.4 is 0 Å². The highest BCUT2D eigenvalue weighted by molar-refractivity contribution is 5.52. The van der Waals surface area contributed by atoms with Gasteiger partial charge in [-0.25, -0.2) is 4.98 Å². The van der Waals surface area contributed by atoms with Gasteiger partial charge in [0.05, 0.1) is 17.8 Å². The number of hydrogen-bond donors (Lipinski definition) is 0. The number of nitrogens with zero attached hydrogens (tertiary/aromatic N) is 6. The molecule has 3 aromatic rings. The second-order valence-electron chi connectivity index (χ2n) is 5.27. The highest BCUT2D eigenvalue weighted by Crippen LogP contribution is 2.15. The maximum Gasteiger partial charge on any atom is 0.146 e. The molecule has 0 amide bonds. The minimum absolute atomic E-state index is 0.763. The zero-order valence-electron chi connectivity index (χ0n) is 12.7. The topological polar surface area (TPSA) is 51.2 Å². The van der Waals surface area contributed by atoms with E-state index in [4.69, 9.17) is 0 Å². The zero-order valence-corrected chi connectivity index (χ0v) is 12.7. The van der Waals surface area contributed by atoms with Crippen LogP contribution in [0.3, 0.4) is 0 Å². The molecule has 21 heavy (non-hydrogen) atoms. The number of aromatic nitrogens is 5. The maximum atomic E-state index is 4.68. The number of rotatable bonds is 5. The molecular formula is C15H20N6. The SMILES string of the molecule is CCn1cnnc1CN(C)Cc1nc(C)n2ccccc12. The van der Waals surface area contributed by atoms with Crippen LogP contribution in [0.25, 0.3) is 5.52 Å². The van der Waals surface area contributed by atoms with Gasteiger partial charge in [-0.05, 0) is 33.0 Å². The molecule has 0 saturated carbocycles. The second-order valence-corrected chi connectivity index (χ2v) is 5.27. The summed E-state index contributed by atoms with van der Waals surface area (Å²) in [6.45, 7) is 6.57. The third-order valence-corrected chi connectivity index (χ3v) is 3.67. The standard InChI is InChI=1S/C15H20N6/c1-4-20-11-16-18-15(20)10-19(3)9-13-14-7-5-6-8-21(14)12(2)17-13/h5-8,11H,4,9-10H2,1-3H3. The Hall–Kier alpha value is -2.21. The number of imidazole rings is 1. The molecule has 0 fully saturated rings. The van der Waals surface area contributed by atoms with Gasteiger partial charge in [0.1, 0.15) is 18.0 Å². The molecule has 0 unspecified atom stereocenters. The normalized spacial score (nSPS) is 11.6. The average molecular weight is 284 g/mol. The van der Waals surface area contributed by atoms with Crippen LogP contribution in [-0.4, -0.2) is 36.1 Å². The van der Waals surface area contributed by atoms with Crippen molar-refractivity contribution < 1.29 is 0 Å². The lowest BCUT2D eigenvalue weighted by Crippen LogP contribution is -2.20. The number of fused-ring (bicyclic) bond motifs is 1. The minimum Gasteiger partial charge on any atom is -0.317 e. The van der Waals surface area contributed by atoms with E-state index in [-0.39, 0.29) is 0 Å². The number of pyridine rings is 1. The van der Waals surface area contributed by atoms with Gasteiger partial charge >= 0.3 is 0 Å². The van der Waals surface area contributed by atoms with Crippen LogP contribution in [0.15, 0.2) is 30.7 Å². The Kier molecular flexibility index (Phi) is 3.70. The summed E-state index contributed by atoms with van der Waals surface area (Å²) in [4.78, 5) is 6.89.